The lowest BCUT2D eigenvalue weighted by Crippen LogP contribution is -1.91. The molecule has 0 aliphatic rings. The van der Waals surface area contributed by atoms with E-state index in [0.717, 1.165) is 49.8 Å². The Balaban J connectivity index is 1.90. The third-order valence-electron chi connectivity index (χ3n) is 5.05. The number of furan rings is 1. The molecule has 0 saturated heterocycles. The van der Waals surface area contributed by atoms with Crippen molar-refractivity contribution in [3.63, 3.8) is 0 Å². The van der Waals surface area contributed by atoms with Crippen LogP contribution in [0.15, 0.2) is 59.3 Å². The Morgan fingerprint density at radius 1 is 0.926 bits per heavy atom. The highest BCUT2D eigenvalue weighted by Crippen LogP contribution is 2.39. The maximum Gasteiger partial charge on any atom is 0.144 e. The molecule has 3 aromatic carbocycles. The number of hydrogen-bond acceptors (Lipinski definition) is 4. The van der Waals surface area contributed by atoms with Gasteiger partial charge in [0.1, 0.15) is 23.2 Å². The largest absolute Gasteiger partial charge is 0.497 e. The van der Waals surface area contributed by atoms with Gasteiger partial charge in [0.05, 0.1) is 18.3 Å². The Morgan fingerprint density at radius 2 is 1.81 bits per heavy atom. The van der Waals surface area contributed by atoms with E-state index < -0.39 is 0 Å². The van der Waals surface area contributed by atoms with Crippen LogP contribution >= 0.6 is 0 Å². The van der Waals surface area contributed by atoms with Crippen LogP contribution in [-0.4, -0.2) is 17.1 Å². The molecule has 0 atom stereocenters. The van der Waals surface area contributed by atoms with Crippen LogP contribution in [-0.2, 0) is 0 Å². The number of rotatable bonds is 2. The number of aromatic nitrogens is 2. The number of nitrogens with zero attached hydrogens (tertiary/aromatic N) is 2. The van der Waals surface area contributed by atoms with Gasteiger partial charge in [0.2, 0.25) is 0 Å². The molecule has 0 aliphatic carbocycles. The first-order valence-electron chi connectivity index (χ1n) is 8.87. The third kappa shape index (κ3) is 2.37. The van der Waals surface area contributed by atoms with E-state index in [-0.39, 0.29) is 0 Å². The highest BCUT2D eigenvalue weighted by atomic mass is 16.5. The summed E-state index contributed by atoms with van der Waals surface area (Å²) in [4.78, 5) is 9.02. The van der Waals surface area contributed by atoms with E-state index in [1.54, 1.807) is 13.4 Å². The third-order valence-corrected chi connectivity index (χ3v) is 5.05. The second-order valence-electron chi connectivity index (χ2n) is 6.84. The van der Waals surface area contributed by atoms with E-state index in [2.05, 4.69) is 42.0 Å². The Hall–Kier alpha value is -3.40. The van der Waals surface area contributed by atoms with Crippen LogP contribution in [0.5, 0.6) is 5.75 Å². The van der Waals surface area contributed by atoms with Crippen molar-refractivity contribution in [2.45, 2.75) is 13.8 Å². The van der Waals surface area contributed by atoms with Crippen molar-refractivity contribution in [2.24, 2.45) is 0 Å². The fourth-order valence-corrected chi connectivity index (χ4v) is 3.80. The summed E-state index contributed by atoms with van der Waals surface area (Å²) in [7, 11) is 1.66. The minimum atomic E-state index is 0.779. The summed E-state index contributed by atoms with van der Waals surface area (Å²) in [6.07, 6.45) is 1.60. The van der Waals surface area contributed by atoms with Crippen LogP contribution in [0, 0.1) is 13.8 Å². The zero-order valence-electron chi connectivity index (χ0n) is 15.4. The number of hydrogen-bond donors (Lipinski definition) is 0. The maximum absolute atomic E-state index is 6.28. The molecule has 0 bridgehead atoms. The van der Waals surface area contributed by atoms with Crippen molar-refractivity contribution in [1.29, 1.82) is 0 Å². The molecule has 4 heteroatoms. The van der Waals surface area contributed by atoms with Gasteiger partial charge in [-0.15, -0.1) is 0 Å². The minimum Gasteiger partial charge on any atom is -0.497 e. The predicted octanol–water partition coefficient (Wildman–Crippen LogP) is 5.82. The van der Waals surface area contributed by atoms with Crippen molar-refractivity contribution in [3.8, 4) is 17.0 Å². The lowest BCUT2D eigenvalue weighted by molar-refractivity contribution is 0.415. The number of fused-ring (bicyclic) bond motifs is 4. The molecule has 0 fully saturated rings. The zero-order chi connectivity index (χ0) is 18.5. The fraction of sp³-hybridized carbons (Fsp3) is 0.130. The van der Waals surface area contributed by atoms with Crippen LogP contribution in [0.3, 0.4) is 0 Å². The molecular weight excluding hydrogens is 336 g/mol. The quantitative estimate of drug-likeness (QED) is 0.401. The Labute approximate surface area is 156 Å². The highest BCUT2D eigenvalue weighted by molar-refractivity contribution is 6.12. The van der Waals surface area contributed by atoms with Gasteiger partial charge in [-0.05, 0) is 55.3 Å². The average molecular weight is 354 g/mol. The predicted molar refractivity (Wildman–Crippen MR) is 108 cm³/mol. The lowest BCUT2D eigenvalue weighted by Gasteiger charge is -2.08. The molecule has 0 amide bonds. The summed E-state index contributed by atoms with van der Waals surface area (Å²) in [5.41, 5.74) is 6.84. The number of benzene rings is 3. The van der Waals surface area contributed by atoms with E-state index in [4.69, 9.17) is 9.15 Å². The van der Waals surface area contributed by atoms with Gasteiger partial charge in [-0.1, -0.05) is 12.1 Å². The first-order valence-corrected chi connectivity index (χ1v) is 8.87. The van der Waals surface area contributed by atoms with Gasteiger partial charge in [-0.3, -0.25) is 0 Å². The first-order chi connectivity index (χ1) is 13.2. The zero-order valence-corrected chi connectivity index (χ0v) is 15.4. The lowest BCUT2D eigenvalue weighted by atomic mass is 9.99. The number of methoxy groups -OCH3 is 1. The molecule has 2 heterocycles. The topological polar surface area (TPSA) is 48.2 Å². The molecule has 0 saturated carbocycles. The molecule has 0 radical (unpaired) electrons. The van der Waals surface area contributed by atoms with Gasteiger partial charge < -0.3 is 9.15 Å². The molecular formula is C23H18N2O2. The van der Waals surface area contributed by atoms with Gasteiger partial charge in [0.25, 0.3) is 0 Å². The summed E-state index contributed by atoms with van der Waals surface area (Å²) in [6.45, 7) is 4.22. The molecule has 27 heavy (non-hydrogen) atoms. The van der Waals surface area contributed by atoms with E-state index in [1.807, 2.05) is 30.3 Å². The molecule has 0 unspecified atom stereocenters. The monoisotopic (exact) mass is 354 g/mol. The molecule has 5 aromatic rings. The second-order valence-corrected chi connectivity index (χ2v) is 6.84. The minimum absolute atomic E-state index is 0.779. The maximum atomic E-state index is 6.28. The van der Waals surface area contributed by atoms with Crippen molar-refractivity contribution in [3.05, 3.63) is 66.0 Å². The summed E-state index contributed by atoms with van der Waals surface area (Å²) in [6, 6.07) is 16.3. The van der Waals surface area contributed by atoms with Crippen LogP contribution in [0.4, 0.5) is 0 Å². The Morgan fingerprint density at radius 3 is 2.67 bits per heavy atom. The summed E-state index contributed by atoms with van der Waals surface area (Å²) in [5, 5.41) is 3.26. The molecule has 0 spiro atoms. The second kappa shape index (κ2) is 5.81. The first kappa shape index (κ1) is 15.8. The SMILES string of the molecule is COc1ccc2c(-c3cc(C)cc4c3oc3cccc(C)c34)ncnc2c1. The summed E-state index contributed by atoms with van der Waals surface area (Å²) in [5.74, 6) is 0.779. The summed E-state index contributed by atoms with van der Waals surface area (Å²) >= 11 is 0. The van der Waals surface area contributed by atoms with E-state index in [9.17, 15) is 0 Å². The van der Waals surface area contributed by atoms with Gasteiger partial charge >= 0.3 is 0 Å². The average Bonchev–Trinajstić information content (AvgIpc) is 3.06. The highest BCUT2D eigenvalue weighted by Gasteiger charge is 2.17. The van der Waals surface area contributed by atoms with Gasteiger partial charge in [0, 0.05) is 27.8 Å². The summed E-state index contributed by atoms with van der Waals surface area (Å²) < 4.78 is 11.6. The normalized spacial score (nSPS) is 11.5. The molecule has 2 aromatic heterocycles. The molecule has 0 aliphatic heterocycles. The smallest absolute Gasteiger partial charge is 0.144 e. The number of ether oxygens (including phenoxy) is 1. The van der Waals surface area contributed by atoms with Crippen LogP contribution in [0.1, 0.15) is 11.1 Å². The van der Waals surface area contributed by atoms with E-state index in [0.29, 0.717) is 0 Å². The van der Waals surface area contributed by atoms with Crippen LogP contribution < -0.4 is 4.74 Å². The molecule has 4 nitrogen and oxygen atoms in total. The van der Waals surface area contributed by atoms with Crippen LogP contribution in [0.25, 0.3) is 44.1 Å². The van der Waals surface area contributed by atoms with Gasteiger partial charge in [0.15, 0.2) is 0 Å². The van der Waals surface area contributed by atoms with E-state index >= 15 is 0 Å². The van der Waals surface area contributed by atoms with Crippen molar-refractivity contribution < 1.29 is 9.15 Å². The van der Waals surface area contributed by atoms with Crippen LogP contribution in [0.2, 0.25) is 0 Å². The standard InChI is InChI=1S/C23H18N2O2/c1-13-9-17-21-14(2)5-4-6-20(21)27-23(17)18(10-13)22-16-8-7-15(26-3)11-19(16)24-12-25-22/h4-12H,1-3H3. The Bertz CT molecular complexity index is 1340. The Kier molecular flexibility index (Phi) is 3.41. The molecule has 0 N–H and O–H groups in total. The van der Waals surface area contributed by atoms with E-state index in [1.165, 1.54) is 11.1 Å². The van der Waals surface area contributed by atoms with Gasteiger partial charge in [-0.2, -0.15) is 0 Å². The molecule has 132 valence electrons. The fourth-order valence-electron chi connectivity index (χ4n) is 3.80. The molecule has 5 rings (SSSR count). The van der Waals surface area contributed by atoms with Crippen molar-refractivity contribution in [2.75, 3.05) is 7.11 Å². The number of aryl methyl sites for hydroxylation is 2. The van der Waals surface area contributed by atoms with Crippen molar-refractivity contribution >= 4 is 32.8 Å². The van der Waals surface area contributed by atoms with Gasteiger partial charge in [-0.25, -0.2) is 9.97 Å². The van der Waals surface area contributed by atoms with Crippen molar-refractivity contribution in [1.82, 2.24) is 9.97 Å².